The summed E-state index contributed by atoms with van der Waals surface area (Å²) in [4.78, 5) is 15.5. The van der Waals surface area contributed by atoms with Crippen LogP contribution in [0, 0.1) is 6.92 Å². The molecule has 3 N–H and O–H groups in total. The average molecular weight is 326 g/mol. The van der Waals surface area contributed by atoms with Crippen molar-refractivity contribution in [3.8, 4) is 0 Å². The molecule has 2 heterocycles. The normalized spacial score (nSPS) is 16.4. The van der Waals surface area contributed by atoms with Gasteiger partial charge in [0.1, 0.15) is 5.82 Å². The lowest BCUT2D eigenvalue weighted by Crippen LogP contribution is -2.28. The molecule has 1 aliphatic rings. The Labute approximate surface area is 143 Å². The molecule has 0 saturated carbocycles. The summed E-state index contributed by atoms with van der Waals surface area (Å²) in [5.74, 6) is 1.51. The molecule has 2 aromatic rings. The Morgan fingerprint density at radius 1 is 1.00 bits per heavy atom. The monoisotopic (exact) mass is 326 g/mol. The molecule has 1 aromatic heterocycles. The van der Waals surface area contributed by atoms with Gasteiger partial charge in [-0.15, -0.1) is 0 Å². The van der Waals surface area contributed by atoms with Crippen LogP contribution < -0.4 is 11.1 Å². The van der Waals surface area contributed by atoms with Crippen LogP contribution in [0.15, 0.2) is 24.3 Å². The highest BCUT2D eigenvalue weighted by molar-refractivity contribution is 5.58. The minimum atomic E-state index is 0.267. The number of para-hydroxylation sites is 1. The predicted octanol–water partition coefficient (Wildman–Crippen LogP) is 3.27. The van der Waals surface area contributed by atoms with E-state index in [1.54, 1.807) is 0 Å². The van der Waals surface area contributed by atoms with E-state index >= 15 is 0 Å². The third-order valence-electron chi connectivity index (χ3n) is 4.40. The lowest BCUT2D eigenvalue weighted by Gasteiger charge is -2.23. The third-order valence-corrected chi connectivity index (χ3v) is 4.40. The van der Waals surface area contributed by atoms with Gasteiger partial charge in [0.2, 0.25) is 11.9 Å². The van der Waals surface area contributed by atoms with Crippen molar-refractivity contribution >= 4 is 17.6 Å². The van der Waals surface area contributed by atoms with Crippen molar-refractivity contribution < 1.29 is 0 Å². The molecule has 6 heteroatoms. The van der Waals surface area contributed by atoms with E-state index in [1.165, 1.54) is 32.1 Å². The van der Waals surface area contributed by atoms with Crippen molar-refractivity contribution in [3.63, 3.8) is 0 Å². The summed E-state index contributed by atoms with van der Waals surface area (Å²) in [5.41, 5.74) is 8.02. The van der Waals surface area contributed by atoms with Crippen molar-refractivity contribution in [2.45, 2.75) is 45.6 Å². The van der Waals surface area contributed by atoms with E-state index in [0.717, 1.165) is 36.7 Å². The van der Waals surface area contributed by atoms with Crippen LogP contribution in [0.1, 0.15) is 43.5 Å². The standard InChI is InChI=1S/C18H26N6/c1-14-9-5-6-10-15(14)20-18-22-16(21-17(19)23-18)13-24-11-7-3-2-4-8-12-24/h5-6,9-10H,2-4,7-8,11-13H2,1H3,(H3,19,20,21,22,23). The van der Waals surface area contributed by atoms with Gasteiger partial charge in [0.05, 0.1) is 6.54 Å². The number of hydrogen-bond acceptors (Lipinski definition) is 6. The van der Waals surface area contributed by atoms with Crippen LogP contribution in [0.4, 0.5) is 17.6 Å². The SMILES string of the molecule is Cc1ccccc1Nc1nc(N)nc(CN2CCCCCCC2)n1. The van der Waals surface area contributed by atoms with Gasteiger partial charge in [-0.05, 0) is 44.5 Å². The quantitative estimate of drug-likeness (QED) is 0.897. The van der Waals surface area contributed by atoms with Gasteiger partial charge < -0.3 is 11.1 Å². The fourth-order valence-corrected chi connectivity index (χ4v) is 3.07. The fourth-order valence-electron chi connectivity index (χ4n) is 3.07. The van der Waals surface area contributed by atoms with Gasteiger partial charge in [0, 0.05) is 5.69 Å². The van der Waals surface area contributed by atoms with Crippen molar-refractivity contribution in [1.82, 2.24) is 19.9 Å². The summed E-state index contributed by atoms with van der Waals surface area (Å²) < 4.78 is 0. The number of aryl methyl sites for hydroxylation is 1. The Kier molecular flexibility index (Phi) is 5.59. The number of benzene rings is 1. The molecule has 1 saturated heterocycles. The highest BCUT2D eigenvalue weighted by Gasteiger charge is 2.12. The number of nitrogens with two attached hydrogens (primary N) is 1. The van der Waals surface area contributed by atoms with Crippen molar-refractivity contribution in [1.29, 1.82) is 0 Å². The molecule has 0 aliphatic carbocycles. The van der Waals surface area contributed by atoms with Crippen molar-refractivity contribution in [2.24, 2.45) is 0 Å². The molecule has 0 spiro atoms. The van der Waals surface area contributed by atoms with Crippen LogP contribution in [-0.4, -0.2) is 32.9 Å². The molecule has 0 amide bonds. The van der Waals surface area contributed by atoms with Gasteiger partial charge in [-0.2, -0.15) is 15.0 Å². The van der Waals surface area contributed by atoms with Crippen LogP contribution in [-0.2, 0) is 6.54 Å². The molecule has 0 bridgehead atoms. The van der Waals surface area contributed by atoms with Crippen LogP contribution in [0.3, 0.4) is 0 Å². The van der Waals surface area contributed by atoms with Gasteiger partial charge >= 0.3 is 0 Å². The first-order chi connectivity index (χ1) is 11.7. The molecule has 24 heavy (non-hydrogen) atoms. The first-order valence-electron chi connectivity index (χ1n) is 8.76. The first-order valence-corrected chi connectivity index (χ1v) is 8.76. The second-order valence-electron chi connectivity index (χ2n) is 6.42. The van der Waals surface area contributed by atoms with E-state index in [1.807, 2.05) is 31.2 Å². The molecule has 1 aromatic carbocycles. The second-order valence-corrected chi connectivity index (χ2v) is 6.42. The predicted molar refractivity (Wildman–Crippen MR) is 97.1 cm³/mol. The smallest absolute Gasteiger partial charge is 0.232 e. The maximum Gasteiger partial charge on any atom is 0.232 e. The van der Waals surface area contributed by atoms with E-state index in [0.29, 0.717) is 5.95 Å². The van der Waals surface area contributed by atoms with Gasteiger partial charge in [-0.25, -0.2) is 0 Å². The molecular weight excluding hydrogens is 300 g/mol. The maximum absolute atomic E-state index is 5.89. The third kappa shape index (κ3) is 4.64. The van der Waals surface area contributed by atoms with Gasteiger partial charge in [0.25, 0.3) is 0 Å². The van der Waals surface area contributed by atoms with E-state index in [9.17, 15) is 0 Å². The summed E-state index contributed by atoms with van der Waals surface area (Å²) in [5, 5.41) is 3.25. The van der Waals surface area contributed by atoms with Gasteiger partial charge in [-0.3, -0.25) is 4.90 Å². The van der Waals surface area contributed by atoms with Crippen LogP contribution in [0.25, 0.3) is 0 Å². The maximum atomic E-state index is 5.89. The summed E-state index contributed by atoms with van der Waals surface area (Å²) >= 11 is 0. The Morgan fingerprint density at radius 3 is 2.46 bits per heavy atom. The highest BCUT2D eigenvalue weighted by atomic mass is 15.2. The summed E-state index contributed by atoms with van der Waals surface area (Å²) in [6, 6.07) is 8.05. The second kappa shape index (κ2) is 8.06. The molecule has 6 nitrogen and oxygen atoms in total. The van der Waals surface area contributed by atoms with E-state index in [-0.39, 0.29) is 5.95 Å². The Hall–Kier alpha value is -2.21. The number of likely N-dealkylation sites (tertiary alicyclic amines) is 1. The number of anilines is 3. The minimum absolute atomic E-state index is 0.267. The topological polar surface area (TPSA) is 80.0 Å². The largest absolute Gasteiger partial charge is 0.368 e. The van der Waals surface area contributed by atoms with E-state index < -0.39 is 0 Å². The zero-order valence-electron chi connectivity index (χ0n) is 14.3. The Bertz CT molecular complexity index is 664. The molecule has 0 atom stereocenters. The Balaban J connectivity index is 1.72. The van der Waals surface area contributed by atoms with Crippen LogP contribution >= 0.6 is 0 Å². The molecule has 3 rings (SSSR count). The molecular formula is C18H26N6. The molecule has 0 radical (unpaired) electrons. The fraction of sp³-hybridized carbons (Fsp3) is 0.500. The molecule has 1 fully saturated rings. The molecule has 1 aliphatic heterocycles. The summed E-state index contributed by atoms with van der Waals surface area (Å²) in [6.07, 6.45) is 6.48. The number of rotatable bonds is 4. The zero-order chi connectivity index (χ0) is 16.8. The number of hydrogen-bond donors (Lipinski definition) is 2. The lowest BCUT2D eigenvalue weighted by molar-refractivity contribution is 0.234. The van der Waals surface area contributed by atoms with E-state index in [2.05, 4.69) is 25.2 Å². The lowest BCUT2D eigenvalue weighted by atomic mass is 10.1. The summed E-state index contributed by atoms with van der Waals surface area (Å²) in [7, 11) is 0. The van der Waals surface area contributed by atoms with Gasteiger partial charge in [0.15, 0.2) is 0 Å². The number of aromatic nitrogens is 3. The zero-order valence-corrected chi connectivity index (χ0v) is 14.3. The minimum Gasteiger partial charge on any atom is -0.368 e. The van der Waals surface area contributed by atoms with Crippen molar-refractivity contribution in [2.75, 3.05) is 24.1 Å². The average Bonchev–Trinajstić information content (AvgIpc) is 2.52. The van der Waals surface area contributed by atoms with Crippen LogP contribution in [0.2, 0.25) is 0 Å². The molecule has 0 unspecified atom stereocenters. The van der Waals surface area contributed by atoms with E-state index in [4.69, 9.17) is 5.73 Å². The van der Waals surface area contributed by atoms with Crippen molar-refractivity contribution in [3.05, 3.63) is 35.7 Å². The van der Waals surface area contributed by atoms with Crippen LogP contribution in [0.5, 0.6) is 0 Å². The first kappa shape index (κ1) is 16.6. The molecule has 128 valence electrons. The number of nitrogen functional groups attached to an aromatic ring is 1. The number of nitrogens with one attached hydrogen (secondary N) is 1. The van der Waals surface area contributed by atoms with Gasteiger partial charge in [-0.1, -0.05) is 37.5 Å². The number of nitrogens with zero attached hydrogens (tertiary/aromatic N) is 4. The Morgan fingerprint density at radius 2 is 1.71 bits per heavy atom. The summed E-state index contributed by atoms with van der Waals surface area (Å²) in [6.45, 7) is 4.99. The highest BCUT2D eigenvalue weighted by Crippen LogP contribution is 2.18.